The maximum atomic E-state index is 14.8. The van der Waals surface area contributed by atoms with Gasteiger partial charge in [-0.25, -0.2) is 22.2 Å². The minimum atomic E-state index is -4.95. The second-order valence-electron chi connectivity index (χ2n) is 6.72. The van der Waals surface area contributed by atoms with Gasteiger partial charge in [-0.1, -0.05) is 0 Å². The van der Waals surface area contributed by atoms with Crippen molar-refractivity contribution in [1.82, 2.24) is 14.3 Å². The Labute approximate surface area is 175 Å². The molecule has 30 heavy (non-hydrogen) atoms. The van der Waals surface area contributed by atoms with Gasteiger partial charge in [0.15, 0.2) is 11.6 Å². The molecule has 14 heteroatoms. The summed E-state index contributed by atoms with van der Waals surface area (Å²) in [5, 5.41) is 2.07. The lowest BCUT2D eigenvalue weighted by atomic mass is 9.77. The van der Waals surface area contributed by atoms with E-state index in [0.717, 1.165) is 23.9 Å². The van der Waals surface area contributed by atoms with Crippen LogP contribution in [0.1, 0.15) is 29.8 Å². The Morgan fingerprint density at radius 1 is 1.27 bits per heavy atom. The van der Waals surface area contributed by atoms with E-state index in [0.29, 0.717) is 6.20 Å². The number of rotatable bonds is 5. The molecule has 1 aliphatic rings. The summed E-state index contributed by atoms with van der Waals surface area (Å²) in [4.78, 5) is 14.9. The SMILES string of the molecule is Cn1cc(S(=O)(=O)NC2(C(F)(F)F)CCC2)c(F)c1C(=O)Nc1ccnc(Br)c1F. The van der Waals surface area contributed by atoms with Crippen LogP contribution in [0.4, 0.5) is 27.6 Å². The van der Waals surface area contributed by atoms with Crippen LogP contribution in [0.15, 0.2) is 28.0 Å². The summed E-state index contributed by atoms with van der Waals surface area (Å²) < 4.78 is 95.7. The van der Waals surface area contributed by atoms with E-state index in [9.17, 15) is 35.2 Å². The van der Waals surface area contributed by atoms with E-state index < -0.39 is 62.7 Å². The van der Waals surface area contributed by atoms with Gasteiger partial charge >= 0.3 is 6.18 Å². The van der Waals surface area contributed by atoms with Crippen LogP contribution < -0.4 is 10.0 Å². The van der Waals surface area contributed by atoms with Gasteiger partial charge in [-0.15, -0.1) is 0 Å². The van der Waals surface area contributed by atoms with E-state index in [4.69, 9.17) is 0 Å². The fourth-order valence-corrected chi connectivity index (χ4v) is 4.90. The Hall–Kier alpha value is -2.06. The van der Waals surface area contributed by atoms with E-state index in [1.54, 1.807) is 0 Å². The quantitative estimate of drug-likeness (QED) is 0.470. The van der Waals surface area contributed by atoms with Gasteiger partial charge in [0.25, 0.3) is 5.91 Å². The largest absolute Gasteiger partial charge is 0.407 e. The molecule has 1 aliphatic carbocycles. The van der Waals surface area contributed by atoms with Gasteiger partial charge < -0.3 is 9.88 Å². The second kappa shape index (κ2) is 7.57. The first-order chi connectivity index (χ1) is 13.8. The van der Waals surface area contributed by atoms with Crippen molar-refractivity contribution in [3.05, 3.63) is 40.4 Å². The number of aromatic nitrogens is 2. The molecule has 3 rings (SSSR count). The van der Waals surface area contributed by atoms with Crippen molar-refractivity contribution in [2.45, 2.75) is 35.9 Å². The lowest BCUT2D eigenvalue weighted by molar-refractivity contribution is -0.212. The molecule has 2 aromatic heterocycles. The van der Waals surface area contributed by atoms with Gasteiger partial charge in [-0.05, 0) is 41.3 Å². The third kappa shape index (κ3) is 3.83. The van der Waals surface area contributed by atoms with Crippen LogP contribution in [0.25, 0.3) is 0 Å². The zero-order valence-corrected chi connectivity index (χ0v) is 17.6. The molecule has 1 fully saturated rings. The van der Waals surface area contributed by atoms with Crippen LogP contribution in [-0.4, -0.2) is 35.6 Å². The zero-order chi connectivity index (χ0) is 22.5. The maximum absolute atomic E-state index is 14.8. The number of hydrogen-bond donors (Lipinski definition) is 2. The van der Waals surface area contributed by atoms with Gasteiger partial charge in [0.05, 0.1) is 5.69 Å². The number of sulfonamides is 1. The highest BCUT2D eigenvalue weighted by Gasteiger charge is 2.60. The van der Waals surface area contributed by atoms with Crippen molar-refractivity contribution >= 4 is 37.5 Å². The van der Waals surface area contributed by atoms with Crippen molar-refractivity contribution in [3.63, 3.8) is 0 Å². The molecular weight excluding hydrogens is 503 g/mol. The van der Waals surface area contributed by atoms with Crippen molar-refractivity contribution in [2.24, 2.45) is 7.05 Å². The molecule has 0 atom stereocenters. The number of carbonyl (C=O) groups excluding carboxylic acids is 1. The first-order valence-electron chi connectivity index (χ1n) is 8.36. The lowest BCUT2D eigenvalue weighted by Gasteiger charge is -2.43. The number of amides is 1. The van der Waals surface area contributed by atoms with Crippen molar-refractivity contribution in [3.8, 4) is 0 Å². The number of aryl methyl sites for hydroxylation is 1. The minimum Gasteiger partial charge on any atom is -0.343 e. The van der Waals surface area contributed by atoms with Gasteiger partial charge in [0.1, 0.15) is 20.7 Å². The molecule has 2 heterocycles. The summed E-state index contributed by atoms with van der Waals surface area (Å²) in [5.41, 5.74) is -3.85. The standard InChI is InChI=1S/C16H14BrF5N4O3S/c1-26-7-9(30(28,29)25-15(4-2-5-15)16(20,21)22)11(19)12(26)14(27)24-8-3-6-23-13(17)10(8)18/h3,6-7,25H,2,4-5H2,1H3,(H,23,24,27). The summed E-state index contributed by atoms with van der Waals surface area (Å²) in [7, 11) is -3.83. The molecule has 0 aromatic carbocycles. The smallest absolute Gasteiger partial charge is 0.343 e. The summed E-state index contributed by atoms with van der Waals surface area (Å²) in [6.45, 7) is 0. The monoisotopic (exact) mass is 516 g/mol. The predicted molar refractivity (Wildman–Crippen MR) is 98.2 cm³/mol. The second-order valence-corrected chi connectivity index (χ2v) is 9.13. The first kappa shape index (κ1) is 22.6. The summed E-state index contributed by atoms with van der Waals surface area (Å²) in [6.07, 6.45) is -3.84. The Balaban J connectivity index is 1.93. The number of carbonyl (C=O) groups is 1. The van der Waals surface area contributed by atoms with E-state index in [1.165, 1.54) is 4.72 Å². The highest BCUT2D eigenvalue weighted by molar-refractivity contribution is 9.10. The molecule has 2 N–H and O–H groups in total. The van der Waals surface area contributed by atoms with Crippen LogP contribution >= 0.6 is 15.9 Å². The summed E-state index contributed by atoms with van der Waals surface area (Å²) in [5.74, 6) is -3.72. The Kier molecular flexibility index (Phi) is 5.71. The van der Waals surface area contributed by atoms with Gasteiger partial charge in [-0.3, -0.25) is 4.79 Å². The number of nitrogens with zero attached hydrogens (tertiary/aromatic N) is 2. The lowest BCUT2D eigenvalue weighted by Crippen LogP contribution is -2.62. The number of pyridine rings is 1. The van der Waals surface area contributed by atoms with Crippen LogP contribution in [0, 0.1) is 11.6 Å². The molecule has 0 aliphatic heterocycles. The number of alkyl halides is 3. The maximum Gasteiger partial charge on any atom is 0.407 e. The number of hydrogen-bond acceptors (Lipinski definition) is 4. The molecule has 0 spiro atoms. The molecular formula is C16H14BrF5N4O3S. The van der Waals surface area contributed by atoms with Crippen LogP contribution in [-0.2, 0) is 17.1 Å². The Morgan fingerprint density at radius 2 is 1.90 bits per heavy atom. The van der Waals surface area contributed by atoms with Gasteiger partial charge in [0, 0.05) is 19.4 Å². The van der Waals surface area contributed by atoms with Crippen LogP contribution in [0.5, 0.6) is 0 Å². The Morgan fingerprint density at radius 3 is 2.43 bits per heavy atom. The average molecular weight is 517 g/mol. The molecule has 1 amide bonds. The predicted octanol–water partition coefficient (Wildman–Crippen LogP) is 3.48. The van der Waals surface area contributed by atoms with E-state index in [-0.39, 0.29) is 16.7 Å². The number of halogens is 6. The average Bonchev–Trinajstić information content (AvgIpc) is 2.89. The third-order valence-corrected chi connectivity index (χ3v) is 6.84. The molecule has 164 valence electrons. The van der Waals surface area contributed by atoms with Crippen molar-refractivity contribution in [1.29, 1.82) is 0 Å². The van der Waals surface area contributed by atoms with Crippen LogP contribution in [0.3, 0.4) is 0 Å². The summed E-state index contributed by atoms with van der Waals surface area (Å²) >= 11 is 2.81. The van der Waals surface area contributed by atoms with E-state index in [1.807, 2.05) is 0 Å². The molecule has 0 bridgehead atoms. The number of anilines is 1. The zero-order valence-electron chi connectivity index (χ0n) is 15.1. The van der Waals surface area contributed by atoms with Crippen molar-refractivity contribution < 1.29 is 35.2 Å². The fraction of sp³-hybridized carbons (Fsp3) is 0.375. The molecule has 2 aromatic rings. The molecule has 7 nitrogen and oxygen atoms in total. The van der Waals surface area contributed by atoms with Crippen LogP contribution in [0.2, 0.25) is 0 Å². The highest BCUT2D eigenvalue weighted by atomic mass is 79.9. The Bertz CT molecular complexity index is 1110. The molecule has 0 radical (unpaired) electrons. The van der Waals surface area contributed by atoms with E-state index in [2.05, 4.69) is 26.2 Å². The molecule has 0 saturated heterocycles. The van der Waals surface area contributed by atoms with Gasteiger partial charge in [0.2, 0.25) is 10.0 Å². The molecule has 0 unspecified atom stereocenters. The number of nitrogens with one attached hydrogen (secondary N) is 2. The fourth-order valence-electron chi connectivity index (χ4n) is 3.00. The summed E-state index contributed by atoms with van der Waals surface area (Å²) in [6, 6.07) is 1.09. The highest BCUT2D eigenvalue weighted by Crippen LogP contribution is 2.46. The normalized spacial score (nSPS) is 16.2. The minimum absolute atomic E-state index is 0.153. The topological polar surface area (TPSA) is 93.1 Å². The van der Waals surface area contributed by atoms with Gasteiger partial charge in [-0.2, -0.15) is 17.9 Å². The first-order valence-corrected chi connectivity index (χ1v) is 10.6. The molecule has 1 saturated carbocycles. The van der Waals surface area contributed by atoms with E-state index >= 15 is 0 Å². The van der Waals surface area contributed by atoms with Crippen molar-refractivity contribution in [2.75, 3.05) is 5.32 Å². The third-order valence-electron chi connectivity index (χ3n) is 4.77.